The second-order valence-electron chi connectivity index (χ2n) is 5.91. The maximum Gasteiger partial charge on any atom is 0.355 e. The van der Waals surface area contributed by atoms with Gasteiger partial charge in [-0.2, -0.15) is 5.26 Å². The molecule has 1 amide bonds. The third kappa shape index (κ3) is 3.98. The summed E-state index contributed by atoms with van der Waals surface area (Å²) < 4.78 is 5.20. The van der Waals surface area contributed by atoms with Crippen LogP contribution in [0.25, 0.3) is 0 Å². The molecular weight excluding hydrogens is 334 g/mol. The van der Waals surface area contributed by atoms with E-state index in [0.29, 0.717) is 28.1 Å². The molecule has 0 spiro atoms. The van der Waals surface area contributed by atoms with Gasteiger partial charge in [0.05, 0.1) is 11.6 Å². The molecule has 2 rings (SSSR count). The number of aromatic nitrogens is 1. The number of carbonyl (C=O) groups is 3. The van der Waals surface area contributed by atoms with Crippen LogP contribution in [-0.4, -0.2) is 28.7 Å². The average molecular weight is 353 g/mol. The van der Waals surface area contributed by atoms with E-state index in [9.17, 15) is 14.4 Å². The SMILES string of the molecule is CC(=O)c1c(C)[nH]c(C(=O)O[C@@H](C)C(=O)Nc2ccc(C#N)cc2)c1C. The molecule has 1 aromatic heterocycles. The lowest BCUT2D eigenvalue weighted by Crippen LogP contribution is -2.30. The number of aryl methyl sites for hydroxylation is 1. The number of ether oxygens (including phenoxy) is 1. The monoisotopic (exact) mass is 353 g/mol. The predicted molar refractivity (Wildman–Crippen MR) is 94.9 cm³/mol. The molecule has 0 aliphatic carbocycles. The quantitative estimate of drug-likeness (QED) is 0.634. The number of anilines is 1. The zero-order chi connectivity index (χ0) is 19.4. The van der Waals surface area contributed by atoms with E-state index in [-0.39, 0.29) is 11.5 Å². The van der Waals surface area contributed by atoms with Gasteiger partial charge in [-0.3, -0.25) is 9.59 Å². The molecule has 0 aliphatic heterocycles. The third-order valence-electron chi connectivity index (χ3n) is 3.93. The summed E-state index contributed by atoms with van der Waals surface area (Å²) >= 11 is 0. The number of nitrogens with zero attached hydrogens (tertiary/aromatic N) is 1. The number of H-pyrrole nitrogens is 1. The van der Waals surface area contributed by atoms with E-state index in [1.807, 2.05) is 6.07 Å². The van der Waals surface area contributed by atoms with Crippen molar-refractivity contribution in [1.29, 1.82) is 5.26 Å². The summed E-state index contributed by atoms with van der Waals surface area (Å²) in [4.78, 5) is 39.0. The van der Waals surface area contributed by atoms with E-state index in [4.69, 9.17) is 10.00 Å². The highest BCUT2D eigenvalue weighted by molar-refractivity contribution is 6.02. The zero-order valence-corrected chi connectivity index (χ0v) is 15.0. The van der Waals surface area contributed by atoms with Gasteiger partial charge in [-0.1, -0.05) is 0 Å². The Balaban J connectivity index is 2.06. The number of carbonyl (C=O) groups excluding carboxylic acids is 3. The van der Waals surface area contributed by atoms with E-state index in [2.05, 4.69) is 10.3 Å². The second kappa shape index (κ2) is 7.66. The Kier molecular flexibility index (Phi) is 5.58. The summed E-state index contributed by atoms with van der Waals surface area (Å²) in [6.45, 7) is 6.22. The Labute approximate surface area is 151 Å². The molecule has 0 saturated carbocycles. The Morgan fingerprint density at radius 2 is 1.81 bits per heavy atom. The second-order valence-corrected chi connectivity index (χ2v) is 5.91. The van der Waals surface area contributed by atoms with Gasteiger partial charge in [0.15, 0.2) is 11.9 Å². The molecule has 0 unspecified atom stereocenters. The highest BCUT2D eigenvalue weighted by Gasteiger charge is 2.24. The van der Waals surface area contributed by atoms with Gasteiger partial charge in [0.1, 0.15) is 5.69 Å². The summed E-state index contributed by atoms with van der Waals surface area (Å²) in [5, 5.41) is 11.4. The number of amides is 1. The number of nitrogens with one attached hydrogen (secondary N) is 2. The molecule has 0 aliphatic rings. The van der Waals surface area contributed by atoms with Crippen LogP contribution in [-0.2, 0) is 9.53 Å². The van der Waals surface area contributed by atoms with Crippen molar-refractivity contribution in [3.8, 4) is 6.07 Å². The fraction of sp³-hybridized carbons (Fsp3) is 0.263. The fourth-order valence-electron chi connectivity index (χ4n) is 2.63. The topological polar surface area (TPSA) is 112 Å². The average Bonchev–Trinajstić information content (AvgIpc) is 2.90. The molecule has 0 saturated heterocycles. The predicted octanol–water partition coefficient (Wildman–Crippen LogP) is 2.89. The van der Waals surface area contributed by atoms with Gasteiger partial charge in [-0.25, -0.2) is 4.79 Å². The summed E-state index contributed by atoms with van der Waals surface area (Å²) in [7, 11) is 0. The van der Waals surface area contributed by atoms with Crippen molar-refractivity contribution in [2.75, 3.05) is 5.32 Å². The number of nitriles is 1. The summed E-state index contributed by atoms with van der Waals surface area (Å²) in [5.41, 5.74) is 2.65. The molecule has 0 bridgehead atoms. The first-order valence-electron chi connectivity index (χ1n) is 7.96. The Morgan fingerprint density at radius 1 is 1.19 bits per heavy atom. The van der Waals surface area contributed by atoms with Crippen LogP contribution < -0.4 is 5.32 Å². The Morgan fingerprint density at radius 3 is 2.31 bits per heavy atom. The highest BCUT2D eigenvalue weighted by atomic mass is 16.5. The zero-order valence-electron chi connectivity index (χ0n) is 15.0. The van der Waals surface area contributed by atoms with Crippen molar-refractivity contribution in [1.82, 2.24) is 4.98 Å². The number of esters is 1. The maximum atomic E-state index is 12.3. The summed E-state index contributed by atoms with van der Waals surface area (Å²) in [6.07, 6.45) is -1.04. The number of Topliss-reactive ketones (excluding diaryl/α,β-unsaturated/α-hetero) is 1. The smallest absolute Gasteiger partial charge is 0.355 e. The Hall–Kier alpha value is -3.40. The van der Waals surface area contributed by atoms with Gasteiger partial charge in [0.2, 0.25) is 0 Å². The van der Waals surface area contributed by atoms with Gasteiger partial charge in [0.25, 0.3) is 5.91 Å². The van der Waals surface area contributed by atoms with Gasteiger partial charge < -0.3 is 15.0 Å². The lowest BCUT2D eigenvalue weighted by molar-refractivity contribution is -0.123. The number of aromatic amines is 1. The highest BCUT2D eigenvalue weighted by Crippen LogP contribution is 2.20. The molecular formula is C19H19N3O4. The molecule has 1 atom stereocenters. The first-order valence-corrected chi connectivity index (χ1v) is 7.96. The molecule has 0 radical (unpaired) electrons. The first kappa shape index (κ1) is 18.9. The summed E-state index contributed by atoms with van der Waals surface area (Å²) in [6, 6.07) is 8.30. The van der Waals surface area contributed by atoms with E-state index in [1.54, 1.807) is 38.1 Å². The maximum absolute atomic E-state index is 12.3. The lowest BCUT2D eigenvalue weighted by atomic mass is 10.1. The van der Waals surface area contributed by atoms with Crippen LogP contribution in [0.5, 0.6) is 0 Å². The van der Waals surface area contributed by atoms with Crippen LogP contribution in [0.3, 0.4) is 0 Å². The van der Waals surface area contributed by atoms with Crippen molar-refractivity contribution in [2.45, 2.75) is 33.8 Å². The van der Waals surface area contributed by atoms with Crippen molar-refractivity contribution in [3.05, 3.63) is 52.3 Å². The number of rotatable bonds is 5. The van der Waals surface area contributed by atoms with Crippen LogP contribution in [0.15, 0.2) is 24.3 Å². The Bertz CT molecular complexity index is 904. The van der Waals surface area contributed by atoms with Crippen LogP contribution >= 0.6 is 0 Å². The van der Waals surface area contributed by atoms with E-state index < -0.39 is 18.0 Å². The van der Waals surface area contributed by atoms with Crippen LogP contribution in [0.1, 0.15) is 51.5 Å². The number of hydrogen-bond donors (Lipinski definition) is 2. The van der Waals surface area contributed by atoms with Crippen molar-refractivity contribution in [3.63, 3.8) is 0 Å². The number of benzene rings is 1. The summed E-state index contributed by atoms with van der Waals surface area (Å²) in [5.74, 6) is -1.36. The molecule has 2 aromatic rings. The number of ketones is 1. The van der Waals surface area contributed by atoms with Gasteiger partial charge in [-0.15, -0.1) is 0 Å². The van der Waals surface area contributed by atoms with E-state index in [1.165, 1.54) is 13.8 Å². The van der Waals surface area contributed by atoms with Gasteiger partial charge in [-0.05, 0) is 57.5 Å². The first-order chi connectivity index (χ1) is 12.2. The minimum absolute atomic E-state index is 0.151. The molecule has 1 heterocycles. The molecule has 1 aromatic carbocycles. The van der Waals surface area contributed by atoms with Gasteiger partial charge in [0, 0.05) is 16.9 Å². The fourth-order valence-corrected chi connectivity index (χ4v) is 2.63. The van der Waals surface area contributed by atoms with Crippen molar-refractivity contribution < 1.29 is 19.1 Å². The molecule has 26 heavy (non-hydrogen) atoms. The normalized spacial score (nSPS) is 11.3. The standard InChI is InChI=1S/C19H19N3O4/c1-10-16(12(3)23)11(2)21-17(10)19(25)26-13(4)18(24)22-15-7-5-14(9-20)6-8-15/h5-8,13,21H,1-4H3,(H,22,24)/t13-/m0/s1. The van der Waals surface area contributed by atoms with Crippen LogP contribution in [0.4, 0.5) is 5.69 Å². The third-order valence-corrected chi connectivity index (χ3v) is 3.93. The minimum atomic E-state index is -1.04. The van der Waals surface area contributed by atoms with Gasteiger partial charge >= 0.3 is 5.97 Å². The number of hydrogen-bond acceptors (Lipinski definition) is 5. The largest absolute Gasteiger partial charge is 0.448 e. The van der Waals surface area contributed by atoms with Crippen LogP contribution in [0.2, 0.25) is 0 Å². The van der Waals surface area contributed by atoms with Crippen molar-refractivity contribution in [2.24, 2.45) is 0 Å². The van der Waals surface area contributed by atoms with E-state index >= 15 is 0 Å². The van der Waals surface area contributed by atoms with Crippen LogP contribution in [0, 0.1) is 25.2 Å². The molecule has 7 heteroatoms. The molecule has 2 N–H and O–H groups in total. The molecule has 7 nitrogen and oxygen atoms in total. The van der Waals surface area contributed by atoms with Crippen molar-refractivity contribution >= 4 is 23.3 Å². The lowest BCUT2D eigenvalue weighted by Gasteiger charge is -2.13. The molecule has 0 fully saturated rings. The van der Waals surface area contributed by atoms with E-state index in [0.717, 1.165) is 0 Å². The minimum Gasteiger partial charge on any atom is -0.448 e. The molecule has 134 valence electrons.